The highest BCUT2D eigenvalue weighted by molar-refractivity contribution is 7.26. The molecule has 1 aliphatic rings. The van der Waals surface area contributed by atoms with Gasteiger partial charge in [0.25, 0.3) is 0 Å². The van der Waals surface area contributed by atoms with Gasteiger partial charge < -0.3 is 13.7 Å². The highest BCUT2D eigenvalue weighted by Crippen LogP contribution is 2.43. The van der Waals surface area contributed by atoms with Crippen LogP contribution in [-0.4, -0.2) is 13.7 Å². The first-order valence-corrected chi connectivity index (χ1v) is 47.3. The van der Waals surface area contributed by atoms with Crippen molar-refractivity contribution in [1.82, 2.24) is 13.7 Å². The Morgan fingerprint density at radius 2 is 0.515 bits per heavy atom. The second-order valence-corrected chi connectivity index (χ2v) is 36.6. The second kappa shape index (κ2) is 39.4. The van der Waals surface area contributed by atoms with Gasteiger partial charge in [0.15, 0.2) is 0 Å². The third-order valence-electron chi connectivity index (χ3n) is 26.6. The number of thiophene rings is 1. The summed E-state index contributed by atoms with van der Waals surface area (Å²) in [7, 11) is 4.27. The molecule has 4 aromatic heterocycles. The molecule has 0 atom stereocenters. The van der Waals surface area contributed by atoms with Gasteiger partial charge in [-0.25, -0.2) is 0 Å². The molecule has 3 nitrogen and oxygen atoms in total. The average molecular weight is 1720 g/mol. The van der Waals surface area contributed by atoms with E-state index in [2.05, 4.69) is 512 Å². The molecular formula is C128H109N3S. The Morgan fingerprint density at radius 1 is 0.220 bits per heavy atom. The number of aryl methyl sites for hydroxylation is 7. The molecule has 0 radical (unpaired) electrons. The van der Waals surface area contributed by atoms with Gasteiger partial charge in [-0.1, -0.05) is 430 Å². The van der Waals surface area contributed by atoms with E-state index in [1.165, 1.54) is 239 Å². The summed E-state index contributed by atoms with van der Waals surface area (Å²) in [5.41, 5.74) is 37.3. The summed E-state index contributed by atoms with van der Waals surface area (Å²) in [4.78, 5) is 0. The summed E-state index contributed by atoms with van der Waals surface area (Å²) in [6.45, 7) is 13.0. The van der Waals surface area contributed by atoms with Gasteiger partial charge in [0.1, 0.15) is 0 Å². The first-order chi connectivity index (χ1) is 64.7. The van der Waals surface area contributed by atoms with Gasteiger partial charge in [-0.3, -0.25) is 0 Å². The Kier molecular flexibility index (Phi) is 25.7. The third kappa shape index (κ3) is 18.9. The third-order valence-corrected chi connectivity index (χ3v) is 27.8. The van der Waals surface area contributed by atoms with Gasteiger partial charge in [-0.05, 0) is 226 Å². The molecule has 4 heterocycles. The minimum Gasteiger partial charge on any atom is -0.344 e. The van der Waals surface area contributed by atoms with Crippen LogP contribution in [0.3, 0.4) is 0 Å². The molecule has 4 heteroatoms. The minimum absolute atomic E-state index is 0.749. The fraction of sp³-hybridized carbons (Fsp3) is 0.109. The Bertz CT molecular complexity index is 7830. The highest BCUT2D eigenvalue weighted by Gasteiger charge is 2.21. The van der Waals surface area contributed by atoms with Crippen molar-refractivity contribution in [2.75, 3.05) is 0 Å². The molecule has 0 unspecified atom stereocenters. The van der Waals surface area contributed by atoms with Gasteiger partial charge in [0, 0.05) is 94.3 Å². The standard InChI is InChI=1S/C26H21N.C25H25N.C20H17N.C19H14S.2C19H16/c1-18-7-9-19(10-8-18)20-11-13-21(14-12-20)22-15-16-26-24(17-22)23-5-3-4-6-25(23)27(26)2;1-18-10-12-19(13-11-18)20-14-16-21(17-15-20)26-24-8-4-2-6-22(24)23-7-3-5-9-25(23)26;1-14-7-9-15(10-8-14)16-11-12-20-18(13-16)17-5-3-4-6-19(17)21(20)2;1-13-9-11-14(12-10-13)15-6-4-7-17-16-5-2-3-8-18(16)20-19(15)17;1-15-7-5-6-10-19(15)18-13-11-17(12-14-18)16-8-3-2-4-9-16;1-15-7-9-17(10-8-15)19-13-11-18(12-14-19)16-5-3-2-4-6-16/h3-17H,1-2H3;2-9,14-19H,10-13H2,1H3;3-13H,1-2H3;2-12H,1H3;2*2-14H,1H3. The average Bonchev–Trinajstić information content (AvgIpc) is 1.60. The summed E-state index contributed by atoms with van der Waals surface area (Å²) in [5, 5.41) is 10.7. The van der Waals surface area contributed by atoms with Crippen molar-refractivity contribution in [3.63, 3.8) is 0 Å². The van der Waals surface area contributed by atoms with Crippen LogP contribution in [0.25, 0.3) is 180 Å². The maximum Gasteiger partial charge on any atom is 0.0541 e. The van der Waals surface area contributed by atoms with E-state index >= 15 is 0 Å². The predicted octanol–water partition coefficient (Wildman–Crippen LogP) is 36.0. The summed E-state index contributed by atoms with van der Waals surface area (Å²) in [6, 6.07) is 164. The molecule has 23 aromatic rings. The lowest BCUT2D eigenvalue weighted by Crippen LogP contribution is -2.10. The molecule has 0 saturated heterocycles. The van der Waals surface area contributed by atoms with E-state index in [4.69, 9.17) is 0 Å². The molecule has 132 heavy (non-hydrogen) atoms. The van der Waals surface area contributed by atoms with Crippen molar-refractivity contribution in [3.05, 3.63) is 488 Å². The Morgan fingerprint density at radius 3 is 0.939 bits per heavy atom. The monoisotopic (exact) mass is 1720 g/mol. The van der Waals surface area contributed by atoms with Crippen LogP contribution in [0.4, 0.5) is 0 Å². The summed E-state index contributed by atoms with van der Waals surface area (Å²) >= 11 is 1.89. The topological polar surface area (TPSA) is 14.8 Å². The molecule has 24 rings (SSSR count). The molecule has 19 aromatic carbocycles. The van der Waals surface area contributed by atoms with Crippen molar-refractivity contribution in [3.8, 4) is 94.7 Å². The number of para-hydroxylation sites is 4. The fourth-order valence-electron chi connectivity index (χ4n) is 19.0. The molecule has 642 valence electrons. The van der Waals surface area contributed by atoms with E-state index in [0.29, 0.717) is 0 Å². The number of rotatable bonds is 10. The van der Waals surface area contributed by atoms with Crippen molar-refractivity contribution in [2.24, 2.45) is 20.0 Å². The molecule has 0 bridgehead atoms. The van der Waals surface area contributed by atoms with Crippen LogP contribution >= 0.6 is 11.3 Å². The number of nitrogens with zero attached hydrogens (tertiary/aromatic N) is 3. The lowest BCUT2D eigenvalue weighted by atomic mass is 9.79. The smallest absolute Gasteiger partial charge is 0.0541 e. The van der Waals surface area contributed by atoms with E-state index in [-0.39, 0.29) is 0 Å². The van der Waals surface area contributed by atoms with Crippen LogP contribution in [0.5, 0.6) is 0 Å². The summed E-state index contributed by atoms with van der Waals surface area (Å²) in [5.74, 6) is 1.65. The zero-order valence-corrected chi connectivity index (χ0v) is 77.4. The molecule has 1 saturated carbocycles. The van der Waals surface area contributed by atoms with E-state index in [9.17, 15) is 0 Å². The SMILES string of the molecule is CC1CCC(c2ccc(-n3c4ccccc4c4ccccc43)cc2)CC1.Cc1ccc(-c2ccc(-c3ccc4c(c3)c3ccccc3n4C)cc2)cc1.Cc1ccc(-c2ccc(-c3ccccc3)cc2)cc1.Cc1ccc(-c2ccc3c(c2)c2ccccc2n3C)cc1.Cc1ccc(-c2cccc3c2sc2ccccc23)cc1.Cc1ccccc1-c1ccc(-c2ccccc2)cc1. The van der Waals surface area contributed by atoms with Crippen LogP contribution in [0.2, 0.25) is 0 Å². The lowest BCUT2D eigenvalue weighted by Gasteiger charge is -2.26. The van der Waals surface area contributed by atoms with Crippen LogP contribution < -0.4 is 0 Å². The Balaban J connectivity index is 0.000000103. The van der Waals surface area contributed by atoms with E-state index in [1.54, 1.807) is 0 Å². The van der Waals surface area contributed by atoms with Crippen molar-refractivity contribution >= 4 is 96.9 Å². The molecule has 0 spiro atoms. The maximum absolute atomic E-state index is 2.40. The quantitative estimate of drug-likeness (QED) is 0.130. The summed E-state index contributed by atoms with van der Waals surface area (Å²) < 4.78 is 9.69. The van der Waals surface area contributed by atoms with Crippen LogP contribution in [0.15, 0.2) is 455 Å². The largest absolute Gasteiger partial charge is 0.344 e. The zero-order valence-electron chi connectivity index (χ0n) is 76.5. The maximum atomic E-state index is 2.40. The normalized spacial score (nSPS) is 12.9. The summed E-state index contributed by atoms with van der Waals surface area (Å²) in [6.07, 6.45) is 5.43. The van der Waals surface area contributed by atoms with Crippen molar-refractivity contribution < 1.29 is 0 Å². The van der Waals surface area contributed by atoms with E-state index in [1.807, 2.05) is 23.5 Å². The first-order valence-electron chi connectivity index (χ1n) is 46.4. The molecule has 0 aliphatic heterocycles. The van der Waals surface area contributed by atoms with Crippen LogP contribution in [0, 0.1) is 40.5 Å². The van der Waals surface area contributed by atoms with Gasteiger partial charge in [0.05, 0.1) is 11.0 Å². The number of aromatic nitrogens is 3. The molecular weight excluding hydrogens is 1610 g/mol. The van der Waals surface area contributed by atoms with Crippen molar-refractivity contribution in [2.45, 2.75) is 73.1 Å². The minimum atomic E-state index is 0.749. The number of benzene rings is 19. The van der Waals surface area contributed by atoms with Gasteiger partial charge in [-0.15, -0.1) is 11.3 Å². The van der Waals surface area contributed by atoms with Gasteiger partial charge in [-0.2, -0.15) is 0 Å². The molecule has 0 N–H and O–H groups in total. The number of fused-ring (bicyclic) bond motifs is 12. The Labute approximate surface area is 781 Å². The number of hydrogen-bond donors (Lipinski definition) is 0. The van der Waals surface area contributed by atoms with Gasteiger partial charge >= 0.3 is 0 Å². The van der Waals surface area contributed by atoms with Gasteiger partial charge in [0.2, 0.25) is 0 Å². The van der Waals surface area contributed by atoms with Crippen LogP contribution in [0.1, 0.15) is 71.9 Å². The van der Waals surface area contributed by atoms with Crippen LogP contribution in [-0.2, 0) is 14.1 Å². The number of hydrogen-bond acceptors (Lipinski definition) is 1. The molecule has 1 aliphatic carbocycles. The second-order valence-electron chi connectivity index (χ2n) is 35.6. The van der Waals surface area contributed by atoms with Crippen molar-refractivity contribution in [1.29, 1.82) is 0 Å². The predicted molar refractivity (Wildman–Crippen MR) is 571 cm³/mol. The van der Waals surface area contributed by atoms with E-state index < -0.39 is 0 Å². The zero-order chi connectivity index (χ0) is 90.0. The lowest BCUT2D eigenvalue weighted by molar-refractivity contribution is 0.348. The first kappa shape index (κ1) is 86.2. The molecule has 1 fully saturated rings. The van der Waals surface area contributed by atoms with E-state index in [0.717, 1.165) is 11.8 Å². The Hall–Kier alpha value is -15.2. The fourth-order valence-corrected chi connectivity index (χ4v) is 20.3. The highest BCUT2D eigenvalue weighted by atomic mass is 32.1. The molecule has 0 amide bonds.